The lowest BCUT2D eigenvalue weighted by atomic mass is 10.1. The number of unbranched alkanes of at least 4 members (excludes halogenated alkanes) is 5. The zero-order valence-corrected chi connectivity index (χ0v) is 13.9. The predicted octanol–water partition coefficient (Wildman–Crippen LogP) is 5.24. The van der Waals surface area contributed by atoms with Crippen LogP contribution >= 0.6 is 11.1 Å². The average Bonchev–Trinajstić information content (AvgIpc) is 2.33. The highest BCUT2D eigenvalue weighted by molar-refractivity contribution is 7.26. The molecule has 0 aromatic heterocycles. The fourth-order valence-electron chi connectivity index (χ4n) is 2.18. The molecule has 0 bridgehead atoms. The Hall–Kier alpha value is -0.273. The minimum Gasteiger partial charge on any atom is -0.162 e. The van der Waals surface area contributed by atoms with Gasteiger partial charge < -0.3 is 0 Å². The quantitative estimate of drug-likeness (QED) is 0.347. The van der Waals surface area contributed by atoms with Gasteiger partial charge in [0.05, 0.1) is 0 Å². The summed E-state index contributed by atoms with van der Waals surface area (Å²) in [6.07, 6.45) is 9.44. The fourth-order valence-corrected chi connectivity index (χ4v) is 3.51. The molecule has 0 aliphatic carbocycles. The average molecular weight is 283 g/mol. The minimum absolute atomic E-state index is 1.22. The molecule has 0 saturated heterocycles. The highest BCUT2D eigenvalue weighted by atomic mass is 35.6. The summed E-state index contributed by atoms with van der Waals surface area (Å²) in [5, 5.41) is 1.34. The van der Waals surface area contributed by atoms with Gasteiger partial charge >= 0.3 is 0 Å². The van der Waals surface area contributed by atoms with E-state index >= 15 is 0 Å². The molecule has 0 spiro atoms. The van der Waals surface area contributed by atoms with Crippen molar-refractivity contribution in [3.8, 4) is 0 Å². The van der Waals surface area contributed by atoms with Gasteiger partial charge in [-0.05, 0) is 23.6 Å². The van der Waals surface area contributed by atoms with E-state index in [1.165, 1.54) is 55.7 Å². The van der Waals surface area contributed by atoms with E-state index in [1.54, 1.807) is 0 Å². The molecule has 18 heavy (non-hydrogen) atoms. The van der Waals surface area contributed by atoms with Crippen molar-refractivity contribution in [2.45, 2.75) is 65.0 Å². The first kappa shape index (κ1) is 15.8. The first-order chi connectivity index (χ1) is 8.54. The van der Waals surface area contributed by atoms with Gasteiger partial charge in [-0.2, -0.15) is 11.1 Å². The van der Waals surface area contributed by atoms with Gasteiger partial charge in [-0.3, -0.25) is 0 Å². The Balaban J connectivity index is 2.27. The summed E-state index contributed by atoms with van der Waals surface area (Å²) in [6, 6.07) is 8.98. The molecular weight excluding hydrogens is 256 g/mol. The second kappa shape index (κ2) is 8.01. The maximum Gasteiger partial charge on any atom is 0.180 e. The zero-order valence-electron chi connectivity index (χ0n) is 12.1. The number of aryl methyl sites for hydroxylation is 1. The van der Waals surface area contributed by atoms with Crippen molar-refractivity contribution in [3.63, 3.8) is 0 Å². The molecule has 1 aromatic carbocycles. The molecule has 0 unspecified atom stereocenters. The third-order valence-corrected chi connectivity index (χ3v) is 5.82. The molecule has 0 nitrogen and oxygen atoms in total. The Morgan fingerprint density at radius 3 is 2.00 bits per heavy atom. The Morgan fingerprint density at radius 2 is 1.44 bits per heavy atom. The van der Waals surface area contributed by atoms with Gasteiger partial charge in [0, 0.05) is 0 Å². The van der Waals surface area contributed by atoms with E-state index < -0.39 is 7.38 Å². The zero-order chi connectivity index (χ0) is 13.4. The molecule has 1 rings (SSSR count). The smallest absolute Gasteiger partial charge is 0.162 e. The van der Waals surface area contributed by atoms with Crippen LogP contribution in [0.4, 0.5) is 0 Å². The molecule has 0 aliphatic rings. The molecule has 0 N–H and O–H groups in total. The largest absolute Gasteiger partial charge is 0.180 e. The molecule has 2 heteroatoms. The van der Waals surface area contributed by atoms with Crippen LogP contribution in [0.1, 0.15) is 51.0 Å². The van der Waals surface area contributed by atoms with Gasteiger partial charge in [-0.15, -0.1) is 0 Å². The second-order valence-electron chi connectivity index (χ2n) is 5.69. The van der Waals surface area contributed by atoms with Crippen LogP contribution < -0.4 is 5.19 Å². The highest BCUT2D eigenvalue weighted by Gasteiger charge is 2.19. The van der Waals surface area contributed by atoms with Crippen molar-refractivity contribution in [2.75, 3.05) is 0 Å². The number of hydrogen-bond acceptors (Lipinski definition) is 0. The SMILES string of the molecule is CCCCCCCCc1ccc([Si](C)(C)Cl)cc1. The summed E-state index contributed by atoms with van der Waals surface area (Å²) in [4.78, 5) is 0. The standard InChI is InChI=1S/C16H27ClSi/c1-4-5-6-7-8-9-10-15-11-13-16(14-12-15)18(2,3)17/h11-14H,4-10H2,1-3H3. The van der Waals surface area contributed by atoms with Crippen molar-refractivity contribution < 1.29 is 0 Å². The van der Waals surface area contributed by atoms with E-state index in [9.17, 15) is 0 Å². The summed E-state index contributed by atoms with van der Waals surface area (Å²) >= 11 is 6.43. The molecule has 0 aliphatic heterocycles. The molecule has 0 radical (unpaired) electrons. The van der Waals surface area contributed by atoms with Crippen LogP contribution in [0.3, 0.4) is 0 Å². The van der Waals surface area contributed by atoms with Gasteiger partial charge in [0.2, 0.25) is 0 Å². The van der Waals surface area contributed by atoms with Crippen LogP contribution in [0, 0.1) is 0 Å². The molecule has 0 saturated carbocycles. The lowest BCUT2D eigenvalue weighted by Crippen LogP contribution is -2.34. The van der Waals surface area contributed by atoms with Crippen molar-refractivity contribution in [1.29, 1.82) is 0 Å². The van der Waals surface area contributed by atoms with Crippen molar-refractivity contribution in [1.82, 2.24) is 0 Å². The number of halogens is 1. The second-order valence-corrected chi connectivity index (χ2v) is 12.0. The van der Waals surface area contributed by atoms with Crippen molar-refractivity contribution in [2.24, 2.45) is 0 Å². The van der Waals surface area contributed by atoms with E-state index in [0.717, 1.165) is 0 Å². The van der Waals surface area contributed by atoms with Crippen LogP contribution in [-0.2, 0) is 6.42 Å². The molecular formula is C16H27ClSi. The van der Waals surface area contributed by atoms with E-state index in [1.807, 2.05) is 0 Å². The lowest BCUT2D eigenvalue weighted by molar-refractivity contribution is 0.607. The Morgan fingerprint density at radius 1 is 0.889 bits per heavy atom. The first-order valence-electron chi connectivity index (χ1n) is 7.32. The van der Waals surface area contributed by atoms with Gasteiger partial charge in [0.25, 0.3) is 0 Å². The number of rotatable bonds is 8. The normalized spacial score (nSPS) is 11.8. The minimum atomic E-state index is -1.64. The Labute approximate surface area is 118 Å². The summed E-state index contributed by atoms with van der Waals surface area (Å²) in [6.45, 7) is 6.62. The maximum atomic E-state index is 6.43. The summed E-state index contributed by atoms with van der Waals surface area (Å²) in [5.74, 6) is 0. The molecule has 0 amide bonds. The number of hydrogen-bond donors (Lipinski definition) is 0. The topological polar surface area (TPSA) is 0 Å². The van der Waals surface area contributed by atoms with Crippen LogP contribution in [-0.4, -0.2) is 7.38 Å². The summed E-state index contributed by atoms with van der Waals surface area (Å²) < 4.78 is 0. The Bertz CT molecular complexity index is 324. The van der Waals surface area contributed by atoms with Crippen LogP contribution in [0.15, 0.2) is 24.3 Å². The van der Waals surface area contributed by atoms with E-state index in [-0.39, 0.29) is 0 Å². The van der Waals surface area contributed by atoms with E-state index in [4.69, 9.17) is 11.1 Å². The molecule has 0 fully saturated rings. The maximum absolute atomic E-state index is 6.43. The monoisotopic (exact) mass is 282 g/mol. The van der Waals surface area contributed by atoms with Crippen LogP contribution in [0.5, 0.6) is 0 Å². The van der Waals surface area contributed by atoms with Crippen molar-refractivity contribution >= 4 is 23.6 Å². The van der Waals surface area contributed by atoms with E-state index in [0.29, 0.717) is 0 Å². The van der Waals surface area contributed by atoms with Crippen molar-refractivity contribution in [3.05, 3.63) is 29.8 Å². The molecule has 1 aromatic rings. The van der Waals surface area contributed by atoms with Gasteiger partial charge in [0.15, 0.2) is 7.38 Å². The fraction of sp³-hybridized carbons (Fsp3) is 0.625. The highest BCUT2D eigenvalue weighted by Crippen LogP contribution is 2.12. The van der Waals surface area contributed by atoms with Gasteiger partial charge in [0.1, 0.15) is 0 Å². The van der Waals surface area contributed by atoms with Crippen LogP contribution in [0.2, 0.25) is 13.1 Å². The molecule has 102 valence electrons. The predicted molar refractivity (Wildman–Crippen MR) is 86.5 cm³/mol. The van der Waals surface area contributed by atoms with E-state index in [2.05, 4.69) is 44.3 Å². The number of benzene rings is 1. The first-order valence-corrected chi connectivity index (χ1v) is 11.3. The summed E-state index contributed by atoms with van der Waals surface area (Å²) in [7, 11) is -1.64. The Kier molecular flexibility index (Phi) is 7.02. The van der Waals surface area contributed by atoms with Gasteiger partial charge in [-0.1, -0.05) is 76.4 Å². The molecule has 0 heterocycles. The summed E-state index contributed by atoms with van der Waals surface area (Å²) in [5.41, 5.74) is 1.46. The third-order valence-electron chi connectivity index (χ3n) is 3.46. The third kappa shape index (κ3) is 6.06. The van der Waals surface area contributed by atoms with Crippen LogP contribution in [0.25, 0.3) is 0 Å². The lowest BCUT2D eigenvalue weighted by Gasteiger charge is -2.13. The molecule has 0 atom stereocenters. The van der Waals surface area contributed by atoms with Gasteiger partial charge in [-0.25, -0.2) is 0 Å².